The molecule has 1 aliphatic heterocycles. The third-order valence-electron chi connectivity index (χ3n) is 4.67. The molecule has 8 heteroatoms. The zero-order chi connectivity index (χ0) is 20.1. The topological polar surface area (TPSA) is 66.9 Å². The van der Waals surface area contributed by atoms with Crippen molar-refractivity contribution in [3.05, 3.63) is 59.6 Å². The summed E-state index contributed by atoms with van der Waals surface area (Å²) in [5.41, 5.74) is 0. The zero-order valence-electron chi connectivity index (χ0n) is 15.6. The lowest BCUT2D eigenvalue weighted by Crippen LogP contribution is -2.53. The van der Waals surface area contributed by atoms with Crippen molar-refractivity contribution in [1.82, 2.24) is 9.21 Å². The number of halogens is 1. The summed E-state index contributed by atoms with van der Waals surface area (Å²) < 4.78 is 32.8. The van der Waals surface area contributed by atoms with Gasteiger partial charge in [-0.1, -0.05) is 48.9 Å². The van der Waals surface area contributed by atoms with E-state index in [9.17, 15) is 13.2 Å². The Morgan fingerprint density at radius 3 is 2.25 bits per heavy atom. The molecule has 6 nitrogen and oxygen atoms in total. The van der Waals surface area contributed by atoms with Gasteiger partial charge >= 0.3 is 0 Å². The van der Waals surface area contributed by atoms with Crippen molar-refractivity contribution >= 4 is 27.5 Å². The van der Waals surface area contributed by atoms with Crippen LogP contribution >= 0.6 is 11.6 Å². The second kappa shape index (κ2) is 8.94. The molecule has 3 rings (SSSR count). The lowest BCUT2D eigenvalue weighted by molar-refractivity contribution is -0.140. The number of carbonyl (C=O) groups excluding carboxylic acids is 1. The number of carbonyl (C=O) groups is 1. The van der Waals surface area contributed by atoms with Gasteiger partial charge in [0.05, 0.1) is 5.02 Å². The van der Waals surface area contributed by atoms with Crippen LogP contribution in [-0.2, 0) is 14.8 Å². The molecule has 1 fully saturated rings. The van der Waals surface area contributed by atoms with E-state index in [0.717, 1.165) is 0 Å². The molecule has 0 radical (unpaired) electrons. The number of sulfonamides is 1. The van der Waals surface area contributed by atoms with Crippen molar-refractivity contribution in [2.45, 2.75) is 24.3 Å². The number of para-hydroxylation sites is 1. The van der Waals surface area contributed by atoms with Crippen LogP contribution in [0.15, 0.2) is 59.5 Å². The number of hydrogen-bond acceptors (Lipinski definition) is 4. The lowest BCUT2D eigenvalue weighted by atomic mass is 10.2. The van der Waals surface area contributed by atoms with E-state index in [2.05, 4.69) is 0 Å². The second-order valence-electron chi connectivity index (χ2n) is 6.49. The highest BCUT2D eigenvalue weighted by Crippen LogP contribution is 2.25. The fourth-order valence-corrected chi connectivity index (χ4v) is 5.03. The largest absolute Gasteiger partial charge is 0.481 e. The molecule has 1 aliphatic rings. The number of piperazine rings is 1. The van der Waals surface area contributed by atoms with Crippen molar-refractivity contribution in [1.29, 1.82) is 0 Å². The van der Waals surface area contributed by atoms with E-state index in [4.69, 9.17) is 16.3 Å². The molecular weight excluding hydrogens is 400 g/mol. The Kier molecular flexibility index (Phi) is 6.59. The third-order valence-corrected chi connectivity index (χ3v) is 7.07. The summed E-state index contributed by atoms with van der Waals surface area (Å²) in [6, 6.07) is 15.6. The number of ether oxygens (including phenoxy) is 1. The van der Waals surface area contributed by atoms with E-state index >= 15 is 0 Å². The van der Waals surface area contributed by atoms with E-state index in [1.807, 2.05) is 37.3 Å². The molecule has 0 bridgehead atoms. The van der Waals surface area contributed by atoms with E-state index in [-0.39, 0.29) is 28.9 Å². The van der Waals surface area contributed by atoms with Crippen LogP contribution in [-0.4, -0.2) is 55.8 Å². The van der Waals surface area contributed by atoms with Crippen molar-refractivity contribution < 1.29 is 17.9 Å². The Hall–Kier alpha value is -2.09. The van der Waals surface area contributed by atoms with E-state index in [0.29, 0.717) is 25.3 Å². The fourth-order valence-electron chi connectivity index (χ4n) is 3.12. The van der Waals surface area contributed by atoms with Crippen molar-refractivity contribution in [2.24, 2.45) is 0 Å². The standard InChI is InChI=1S/C20H23ClN2O4S/c1-2-18(27-16-8-4-3-5-9-16)20(24)22-12-14-23(15-13-22)28(25,26)19-11-7-6-10-17(19)21/h3-11,18H,2,12-15H2,1H3/t18-/m1/s1. The highest BCUT2D eigenvalue weighted by atomic mass is 35.5. The Morgan fingerprint density at radius 2 is 1.64 bits per heavy atom. The molecule has 0 unspecified atom stereocenters. The first-order chi connectivity index (χ1) is 13.4. The molecular formula is C20H23ClN2O4S. The molecule has 0 aromatic heterocycles. The van der Waals surface area contributed by atoms with Crippen molar-refractivity contribution in [3.8, 4) is 5.75 Å². The molecule has 1 heterocycles. The summed E-state index contributed by atoms with van der Waals surface area (Å²) in [5.74, 6) is 0.517. The average molecular weight is 423 g/mol. The predicted octanol–water partition coefficient (Wildman–Crippen LogP) is 3.03. The highest BCUT2D eigenvalue weighted by molar-refractivity contribution is 7.89. The van der Waals surface area contributed by atoms with Gasteiger partial charge in [-0.15, -0.1) is 0 Å². The lowest BCUT2D eigenvalue weighted by Gasteiger charge is -2.35. The average Bonchev–Trinajstić information content (AvgIpc) is 2.72. The Morgan fingerprint density at radius 1 is 1.04 bits per heavy atom. The Balaban J connectivity index is 1.64. The first kappa shape index (κ1) is 20.6. The maximum absolute atomic E-state index is 12.8. The monoisotopic (exact) mass is 422 g/mol. The maximum atomic E-state index is 12.8. The van der Waals surface area contributed by atoms with Crippen LogP contribution < -0.4 is 4.74 Å². The molecule has 28 heavy (non-hydrogen) atoms. The Bertz CT molecular complexity index is 913. The minimum Gasteiger partial charge on any atom is -0.481 e. The zero-order valence-corrected chi connectivity index (χ0v) is 17.2. The molecule has 0 aliphatic carbocycles. The number of benzene rings is 2. The Labute approximate surface area is 170 Å². The SMILES string of the molecule is CC[C@@H](Oc1ccccc1)C(=O)N1CCN(S(=O)(=O)c2ccccc2Cl)CC1. The molecule has 1 amide bonds. The van der Waals surface area contributed by atoms with Crippen LogP contribution in [0, 0.1) is 0 Å². The van der Waals surface area contributed by atoms with Crippen LogP contribution in [0.3, 0.4) is 0 Å². The summed E-state index contributed by atoms with van der Waals surface area (Å²) in [4.78, 5) is 14.6. The first-order valence-electron chi connectivity index (χ1n) is 9.18. The van der Waals surface area contributed by atoms with Crippen LogP contribution in [0.25, 0.3) is 0 Å². The smallest absolute Gasteiger partial charge is 0.263 e. The summed E-state index contributed by atoms with van der Waals surface area (Å²) in [7, 11) is -3.68. The maximum Gasteiger partial charge on any atom is 0.263 e. The van der Waals surface area contributed by atoms with Crippen molar-refractivity contribution in [2.75, 3.05) is 26.2 Å². The number of nitrogens with zero attached hydrogens (tertiary/aromatic N) is 2. The number of rotatable bonds is 6. The summed E-state index contributed by atoms with van der Waals surface area (Å²) in [6.07, 6.45) is -0.0552. The minimum absolute atomic E-state index is 0.0929. The molecule has 2 aromatic rings. The number of hydrogen-bond donors (Lipinski definition) is 0. The number of amides is 1. The van der Waals surface area contributed by atoms with Crippen LogP contribution in [0.5, 0.6) is 5.75 Å². The summed E-state index contributed by atoms with van der Waals surface area (Å²) in [5, 5.41) is 0.198. The van der Waals surface area contributed by atoms with Gasteiger partial charge < -0.3 is 9.64 Å². The second-order valence-corrected chi connectivity index (χ2v) is 8.80. The van der Waals surface area contributed by atoms with Gasteiger partial charge in [0.25, 0.3) is 5.91 Å². The molecule has 2 aromatic carbocycles. The van der Waals surface area contributed by atoms with Gasteiger partial charge in [-0.2, -0.15) is 4.31 Å². The fraction of sp³-hybridized carbons (Fsp3) is 0.350. The van der Waals surface area contributed by atoms with E-state index in [1.54, 1.807) is 23.1 Å². The predicted molar refractivity (Wildman–Crippen MR) is 108 cm³/mol. The van der Waals surface area contributed by atoms with Crippen LogP contribution in [0.2, 0.25) is 5.02 Å². The van der Waals surface area contributed by atoms with Crippen LogP contribution in [0.1, 0.15) is 13.3 Å². The normalized spacial score (nSPS) is 16.6. The van der Waals surface area contributed by atoms with Crippen LogP contribution in [0.4, 0.5) is 0 Å². The van der Waals surface area contributed by atoms with Gasteiger partial charge in [0, 0.05) is 26.2 Å². The quantitative estimate of drug-likeness (QED) is 0.717. The van der Waals surface area contributed by atoms with E-state index < -0.39 is 16.1 Å². The molecule has 150 valence electrons. The van der Waals surface area contributed by atoms with Crippen molar-refractivity contribution in [3.63, 3.8) is 0 Å². The summed E-state index contributed by atoms with van der Waals surface area (Å²) in [6.45, 7) is 2.97. The van der Waals surface area contributed by atoms with Gasteiger partial charge in [0.1, 0.15) is 10.6 Å². The molecule has 0 saturated carbocycles. The molecule has 0 N–H and O–H groups in total. The minimum atomic E-state index is -3.68. The third kappa shape index (κ3) is 4.48. The van der Waals surface area contributed by atoms with Gasteiger partial charge in [-0.25, -0.2) is 8.42 Å². The molecule has 1 saturated heterocycles. The molecule has 1 atom stereocenters. The van der Waals surface area contributed by atoms with Gasteiger partial charge in [-0.3, -0.25) is 4.79 Å². The van der Waals surface area contributed by atoms with E-state index in [1.165, 1.54) is 10.4 Å². The van der Waals surface area contributed by atoms with Gasteiger partial charge in [-0.05, 0) is 30.7 Å². The highest BCUT2D eigenvalue weighted by Gasteiger charge is 2.33. The van der Waals surface area contributed by atoms with Gasteiger partial charge in [0.15, 0.2) is 6.10 Å². The first-order valence-corrected chi connectivity index (χ1v) is 11.0. The van der Waals surface area contributed by atoms with Gasteiger partial charge in [0.2, 0.25) is 10.0 Å². The molecule has 0 spiro atoms. The summed E-state index contributed by atoms with van der Waals surface area (Å²) >= 11 is 6.06.